The van der Waals surface area contributed by atoms with Crippen LogP contribution in [0.1, 0.15) is 94.6 Å². The molecule has 0 fully saturated rings. The van der Waals surface area contributed by atoms with Gasteiger partial charge in [0.15, 0.2) is 5.43 Å². The van der Waals surface area contributed by atoms with Crippen LogP contribution in [-0.2, 0) is 9.59 Å². The topological polar surface area (TPSA) is 117 Å². The number of fused-ring (bicyclic) bond motifs is 2. The summed E-state index contributed by atoms with van der Waals surface area (Å²) in [5.41, 5.74) is 2.74. The highest BCUT2D eigenvalue weighted by atomic mass is 16.4. The third-order valence-electron chi connectivity index (χ3n) is 5.93. The number of phenols is 1. The molecule has 3 N–H and O–H groups in total. The molecular weight excluding hydrogens is 542 g/mol. The minimum atomic E-state index is -0.833. The summed E-state index contributed by atoms with van der Waals surface area (Å²) < 4.78 is 5.79. The number of allylic oxidation sites excluding steroid dienone is 5. The molecule has 0 aromatic heterocycles. The number of hydrogen-bond donors (Lipinski definition) is 3. The number of carbonyl (C=O) groups excluding carboxylic acids is 1. The Labute approximate surface area is 259 Å². The Kier molecular flexibility index (Phi) is 24.7. The first-order valence-corrected chi connectivity index (χ1v) is 15.0. The fourth-order valence-corrected chi connectivity index (χ4v) is 3.44. The predicted octanol–water partition coefficient (Wildman–Crippen LogP) is 9.48. The molecule has 0 unspecified atom stereocenters. The Hall–Kier alpha value is -4.13. The van der Waals surface area contributed by atoms with E-state index in [1.54, 1.807) is 31.3 Å². The maximum atomic E-state index is 11.6. The summed E-state index contributed by atoms with van der Waals surface area (Å²) in [6.07, 6.45) is 9.48. The van der Waals surface area contributed by atoms with Gasteiger partial charge in [-0.15, -0.1) is 0 Å². The summed E-state index contributed by atoms with van der Waals surface area (Å²) in [7, 11) is 1.69. The lowest BCUT2D eigenvalue weighted by Gasteiger charge is -2.23. The Balaban J connectivity index is -0.000000669. The number of carboxylic acids is 1. The standard InChI is InChI=1S/C20H16O3.C8H17NO.C2H4O2.3C2H6/c1-3-4-5-6-13(2)20-16-9-7-14(21)11-18(16)23-19-12-15(22)8-10-17(19)20;1-5-8(3,6-2)7(10)9-4;1-2(3)4;3*1-2/h3-12,21H,2H2,1H3;5-6H2,1-4H3,(H,9,10);1H3,(H,3,4);3*1-2H3/b4-3-,6-5-;;;;;. The Morgan fingerprint density at radius 1 is 0.977 bits per heavy atom. The fraction of sp³-hybridized carbons (Fsp3) is 0.417. The van der Waals surface area contributed by atoms with Gasteiger partial charge in [-0.1, -0.05) is 93.2 Å². The molecule has 1 aromatic rings. The smallest absolute Gasteiger partial charge is 0.300 e. The van der Waals surface area contributed by atoms with Crippen LogP contribution in [-0.4, -0.2) is 29.1 Å². The number of benzene rings is 2. The van der Waals surface area contributed by atoms with Gasteiger partial charge in [0, 0.05) is 48.0 Å². The number of carbonyl (C=O) groups is 2. The number of phenolic OH excluding ortho intramolecular Hbond substituents is 1. The normalized spacial score (nSPS) is 9.95. The molecule has 0 radical (unpaired) electrons. The number of nitrogens with one attached hydrogen (secondary N) is 1. The van der Waals surface area contributed by atoms with E-state index in [9.17, 15) is 14.7 Å². The molecule has 1 heterocycles. The lowest BCUT2D eigenvalue weighted by Crippen LogP contribution is -2.35. The maximum absolute atomic E-state index is 11.6. The zero-order valence-corrected chi connectivity index (χ0v) is 28.4. The molecule has 0 atom stereocenters. The number of hydrogen-bond acceptors (Lipinski definition) is 5. The minimum absolute atomic E-state index is 0.111. The van der Waals surface area contributed by atoms with E-state index in [1.165, 1.54) is 12.1 Å². The number of amides is 1. The van der Waals surface area contributed by atoms with E-state index in [0.29, 0.717) is 11.3 Å². The van der Waals surface area contributed by atoms with Crippen LogP contribution in [0.5, 0.6) is 5.75 Å². The van der Waals surface area contributed by atoms with Gasteiger partial charge in [-0.25, -0.2) is 0 Å². The third-order valence-corrected chi connectivity index (χ3v) is 5.93. The number of rotatable bonds is 6. The van der Waals surface area contributed by atoms with Crippen LogP contribution in [0.4, 0.5) is 0 Å². The van der Waals surface area contributed by atoms with Crippen molar-refractivity contribution < 1.29 is 24.2 Å². The monoisotopic (exact) mass is 597 g/mol. The average molecular weight is 598 g/mol. The van der Waals surface area contributed by atoms with Gasteiger partial charge in [-0.3, -0.25) is 14.4 Å². The highest BCUT2D eigenvalue weighted by Gasteiger charge is 2.27. The third kappa shape index (κ3) is 15.1. The molecule has 1 amide bonds. The molecule has 240 valence electrons. The molecule has 0 saturated heterocycles. The molecule has 7 heteroatoms. The van der Waals surface area contributed by atoms with Gasteiger partial charge in [0.1, 0.15) is 17.1 Å². The van der Waals surface area contributed by atoms with Crippen molar-refractivity contribution in [1.82, 2.24) is 5.32 Å². The van der Waals surface area contributed by atoms with Gasteiger partial charge in [-0.2, -0.15) is 0 Å². The van der Waals surface area contributed by atoms with Crippen LogP contribution in [0.15, 0.2) is 76.5 Å². The maximum Gasteiger partial charge on any atom is 0.300 e. The van der Waals surface area contributed by atoms with E-state index >= 15 is 0 Å². The van der Waals surface area contributed by atoms with Crippen molar-refractivity contribution in [3.05, 3.63) is 83.1 Å². The van der Waals surface area contributed by atoms with E-state index in [1.807, 2.05) is 93.5 Å². The first kappa shape index (κ1) is 43.3. The largest absolute Gasteiger partial charge is 0.508 e. The summed E-state index contributed by atoms with van der Waals surface area (Å²) in [6.45, 7) is 25.2. The van der Waals surface area contributed by atoms with Crippen LogP contribution < -0.4 is 10.7 Å². The van der Waals surface area contributed by atoms with Crippen molar-refractivity contribution in [2.45, 2.75) is 89.0 Å². The fourth-order valence-electron chi connectivity index (χ4n) is 3.44. The van der Waals surface area contributed by atoms with Gasteiger partial charge in [-0.05, 0) is 49.6 Å². The summed E-state index contributed by atoms with van der Waals surface area (Å²) >= 11 is 0. The van der Waals surface area contributed by atoms with Crippen molar-refractivity contribution in [3.8, 4) is 17.1 Å². The molecule has 7 nitrogen and oxygen atoms in total. The number of carboxylic acid groups (broad SMARTS) is 1. The molecule has 43 heavy (non-hydrogen) atoms. The molecule has 0 spiro atoms. The summed E-state index contributed by atoms with van der Waals surface area (Å²) in [6, 6.07) is 9.65. The van der Waals surface area contributed by atoms with E-state index < -0.39 is 5.97 Å². The van der Waals surface area contributed by atoms with Crippen LogP contribution in [0, 0.1) is 5.41 Å². The SMILES string of the molecule is C=C(/C=C\C=C/C)c1c2ccc(=O)cc-2oc2cc(O)ccc12.CC.CC.CC.CC(=O)O.CCC(C)(CC)C(=O)NC. The van der Waals surface area contributed by atoms with Gasteiger partial charge >= 0.3 is 0 Å². The second-order valence-electron chi connectivity index (χ2n) is 8.59. The van der Waals surface area contributed by atoms with Crippen molar-refractivity contribution in [3.63, 3.8) is 0 Å². The minimum Gasteiger partial charge on any atom is -0.508 e. The van der Waals surface area contributed by atoms with Gasteiger partial charge in [0.2, 0.25) is 5.91 Å². The van der Waals surface area contributed by atoms with Gasteiger partial charge < -0.3 is 19.9 Å². The Morgan fingerprint density at radius 2 is 1.51 bits per heavy atom. The Bertz CT molecular complexity index is 1310. The van der Waals surface area contributed by atoms with E-state index in [0.717, 1.165) is 41.9 Å². The van der Waals surface area contributed by atoms with Crippen LogP contribution in [0.3, 0.4) is 0 Å². The molecule has 2 aliphatic rings. The van der Waals surface area contributed by atoms with Crippen LogP contribution >= 0.6 is 0 Å². The van der Waals surface area contributed by atoms with Gasteiger partial charge in [0.25, 0.3) is 5.97 Å². The lowest BCUT2D eigenvalue weighted by atomic mass is 9.84. The van der Waals surface area contributed by atoms with Crippen molar-refractivity contribution in [2.75, 3.05) is 7.05 Å². The second kappa shape index (κ2) is 24.5. The number of aromatic hydroxyl groups is 1. The summed E-state index contributed by atoms with van der Waals surface area (Å²) in [5.74, 6) is -0.0939. The van der Waals surface area contributed by atoms with Crippen LogP contribution in [0.25, 0.3) is 27.9 Å². The molecule has 1 aliphatic heterocycles. The lowest BCUT2D eigenvalue weighted by molar-refractivity contribution is -0.134. The second-order valence-corrected chi connectivity index (χ2v) is 8.59. The summed E-state index contributed by atoms with van der Waals surface area (Å²) in [5, 5.41) is 20.6. The average Bonchev–Trinajstić information content (AvgIpc) is 3.02. The van der Waals surface area contributed by atoms with E-state index in [2.05, 4.69) is 11.9 Å². The molecule has 3 rings (SSSR count). The number of aliphatic carboxylic acids is 1. The molecule has 0 saturated carbocycles. The zero-order valence-electron chi connectivity index (χ0n) is 28.4. The predicted molar refractivity (Wildman–Crippen MR) is 184 cm³/mol. The molecule has 0 bridgehead atoms. The van der Waals surface area contributed by atoms with Crippen LogP contribution in [0.2, 0.25) is 0 Å². The molecule has 1 aliphatic carbocycles. The van der Waals surface area contributed by atoms with E-state index in [-0.39, 0.29) is 22.5 Å². The first-order valence-electron chi connectivity index (χ1n) is 15.0. The summed E-state index contributed by atoms with van der Waals surface area (Å²) in [4.78, 5) is 31.8. The zero-order chi connectivity index (χ0) is 34.2. The Morgan fingerprint density at radius 3 is 1.95 bits per heavy atom. The quantitative estimate of drug-likeness (QED) is 0.192. The van der Waals surface area contributed by atoms with Gasteiger partial charge in [0.05, 0.1) is 0 Å². The molecular formula is C36H55NO6. The molecule has 1 aromatic carbocycles. The van der Waals surface area contributed by atoms with E-state index in [4.69, 9.17) is 14.3 Å². The highest BCUT2D eigenvalue weighted by Crippen LogP contribution is 2.37. The van der Waals surface area contributed by atoms with Crippen molar-refractivity contribution >= 4 is 28.4 Å². The van der Waals surface area contributed by atoms with Crippen molar-refractivity contribution in [1.29, 1.82) is 0 Å². The van der Waals surface area contributed by atoms with Crippen molar-refractivity contribution in [2.24, 2.45) is 5.41 Å². The first-order chi connectivity index (χ1) is 20.4. The highest BCUT2D eigenvalue weighted by molar-refractivity contribution is 6.00.